The maximum Gasteiger partial charge on any atom is 0.407 e. The quantitative estimate of drug-likeness (QED) is 0.0566. The maximum atomic E-state index is 13.8. The number of hydrogen-bond donors (Lipinski definition) is 4. The number of amidine groups is 1. The first-order valence-electron chi connectivity index (χ1n) is 16.9. The summed E-state index contributed by atoms with van der Waals surface area (Å²) in [6.07, 6.45) is 1.95. The van der Waals surface area contributed by atoms with Gasteiger partial charge in [0.15, 0.2) is 5.84 Å². The van der Waals surface area contributed by atoms with Crippen LogP contribution >= 0.6 is 0 Å². The molecule has 1 fully saturated rings. The number of ether oxygens (including phenoxy) is 4. The van der Waals surface area contributed by atoms with E-state index in [1.54, 1.807) is 92.4 Å². The fourth-order valence-corrected chi connectivity index (χ4v) is 5.38. The van der Waals surface area contributed by atoms with Crippen molar-refractivity contribution < 1.29 is 38.5 Å². The van der Waals surface area contributed by atoms with E-state index in [1.165, 1.54) is 0 Å². The zero-order valence-corrected chi connectivity index (χ0v) is 30.1. The lowest BCUT2D eigenvalue weighted by Gasteiger charge is -2.32. The Balaban J connectivity index is 1.48. The molecule has 1 aliphatic rings. The molecule has 6 N–H and O–H groups in total. The predicted octanol–water partition coefficient (Wildman–Crippen LogP) is 6.47. The first kappa shape index (κ1) is 38.5. The number of benzene rings is 3. The summed E-state index contributed by atoms with van der Waals surface area (Å²) in [5, 5.41) is 14.8. The standard InChI is InChI=1S/C38H49N5O8/c1-37(2,3)50-35(45)32(39)25-7-11-28(12-8-25)48-30-21-27(22-31(23-30)49-29-13-9-26(10-14-29)33(40)42-47)34(44)43-19-16-24(17-20-43)15-18-41-36(46)51-38(4,5)6/h7-14,21-24,32,47H,15-20,39H2,1-6H3,(H2,40,42)(H,41,46). The van der Waals surface area contributed by atoms with Gasteiger partial charge in [0.25, 0.3) is 5.91 Å². The Hall–Kier alpha value is -5.30. The first-order chi connectivity index (χ1) is 24.0. The van der Waals surface area contributed by atoms with Crippen LogP contribution in [0.5, 0.6) is 23.0 Å². The van der Waals surface area contributed by atoms with E-state index in [-0.39, 0.29) is 11.7 Å². The third-order valence-electron chi connectivity index (χ3n) is 7.88. The first-order valence-corrected chi connectivity index (χ1v) is 16.9. The summed E-state index contributed by atoms with van der Waals surface area (Å²) in [4.78, 5) is 40.1. The molecule has 1 atom stereocenters. The van der Waals surface area contributed by atoms with Gasteiger partial charge in [-0.15, -0.1) is 0 Å². The lowest BCUT2D eigenvalue weighted by molar-refractivity contribution is -0.156. The highest BCUT2D eigenvalue weighted by molar-refractivity contribution is 5.97. The number of nitrogens with two attached hydrogens (primary N) is 2. The Morgan fingerprint density at radius 3 is 1.86 bits per heavy atom. The molecule has 2 amide bonds. The van der Waals surface area contributed by atoms with Crippen molar-refractivity contribution in [2.24, 2.45) is 22.5 Å². The molecule has 3 aromatic rings. The van der Waals surface area contributed by atoms with Crippen molar-refractivity contribution in [2.45, 2.75) is 78.0 Å². The average Bonchev–Trinajstić information content (AvgIpc) is 3.06. The molecule has 1 aliphatic heterocycles. The summed E-state index contributed by atoms with van der Waals surface area (Å²) >= 11 is 0. The number of likely N-dealkylation sites (tertiary alicyclic amines) is 1. The van der Waals surface area contributed by atoms with Crippen LogP contribution in [0.2, 0.25) is 0 Å². The molecule has 1 saturated heterocycles. The van der Waals surface area contributed by atoms with Gasteiger partial charge in [-0.3, -0.25) is 4.79 Å². The van der Waals surface area contributed by atoms with E-state index >= 15 is 0 Å². The van der Waals surface area contributed by atoms with Gasteiger partial charge in [-0.05, 0) is 121 Å². The molecule has 1 heterocycles. The Bertz CT molecular complexity index is 1690. The van der Waals surface area contributed by atoms with Gasteiger partial charge in [-0.25, -0.2) is 9.59 Å². The van der Waals surface area contributed by atoms with Crippen LogP contribution < -0.4 is 26.3 Å². The summed E-state index contributed by atoms with van der Waals surface area (Å²) in [5.41, 5.74) is 12.1. The van der Waals surface area contributed by atoms with Gasteiger partial charge in [-0.2, -0.15) is 0 Å². The highest BCUT2D eigenvalue weighted by Gasteiger charge is 2.26. The van der Waals surface area contributed by atoms with Crippen LogP contribution in [-0.2, 0) is 14.3 Å². The predicted molar refractivity (Wildman–Crippen MR) is 192 cm³/mol. The number of nitrogens with one attached hydrogen (secondary N) is 1. The summed E-state index contributed by atoms with van der Waals surface area (Å²) in [6.45, 7) is 12.4. The maximum absolute atomic E-state index is 13.8. The molecule has 4 rings (SSSR count). The lowest BCUT2D eigenvalue weighted by Crippen LogP contribution is -2.39. The van der Waals surface area contributed by atoms with E-state index in [2.05, 4.69) is 10.5 Å². The van der Waals surface area contributed by atoms with E-state index in [0.717, 1.165) is 19.3 Å². The van der Waals surface area contributed by atoms with Crippen LogP contribution in [-0.4, -0.2) is 64.7 Å². The van der Waals surface area contributed by atoms with E-state index < -0.39 is 29.3 Å². The molecule has 0 aliphatic carbocycles. The Kier molecular flexibility index (Phi) is 12.5. The molecule has 13 nitrogen and oxygen atoms in total. The smallest absolute Gasteiger partial charge is 0.407 e. The van der Waals surface area contributed by atoms with Crippen molar-refractivity contribution in [3.8, 4) is 23.0 Å². The third-order valence-corrected chi connectivity index (χ3v) is 7.88. The lowest BCUT2D eigenvalue weighted by atomic mass is 9.93. The summed E-state index contributed by atoms with van der Waals surface area (Å²) in [7, 11) is 0. The minimum Gasteiger partial charge on any atom is -0.459 e. The Labute approximate surface area is 298 Å². The van der Waals surface area contributed by atoms with E-state index in [4.69, 9.17) is 35.6 Å². The highest BCUT2D eigenvalue weighted by atomic mass is 16.6. The Morgan fingerprint density at radius 2 is 1.35 bits per heavy atom. The minimum atomic E-state index is -0.963. The van der Waals surface area contributed by atoms with Crippen LogP contribution in [0.4, 0.5) is 4.79 Å². The van der Waals surface area contributed by atoms with Crippen LogP contribution in [0.15, 0.2) is 71.9 Å². The topological polar surface area (TPSA) is 188 Å². The van der Waals surface area contributed by atoms with Crippen LogP contribution in [0.3, 0.4) is 0 Å². The van der Waals surface area contributed by atoms with Gasteiger partial charge in [0.05, 0.1) is 0 Å². The number of esters is 1. The minimum absolute atomic E-state index is 0.0361. The summed E-state index contributed by atoms with van der Waals surface area (Å²) < 4.78 is 23.0. The van der Waals surface area contributed by atoms with Crippen molar-refractivity contribution >= 4 is 23.8 Å². The molecular formula is C38H49N5O8. The summed E-state index contributed by atoms with van der Waals surface area (Å²) in [6, 6.07) is 17.4. The number of alkyl carbamates (subject to hydrolysis) is 1. The number of hydrogen-bond acceptors (Lipinski definition) is 10. The van der Waals surface area contributed by atoms with Gasteiger partial charge in [-0.1, -0.05) is 17.3 Å². The highest BCUT2D eigenvalue weighted by Crippen LogP contribution is 2.32. The second-order valence-corrected chi connectivity index (χ2v) is 14.4. The number of carbonyl (C=O) groups is 3. The van der Waals surface area contributed by atoms with Gasteiger partial charge >= 0.3 is 12.1 Å². The number of oxime groups is 1. The fourth-order valence-electron chi connectivity index (χ4n) is 5.38. The summed E-state index contributed by atoms with van der Waals surface area (Å²) in [5.74, 6) is 1.25. The normalized spacial score (nSPS) is 14.7. The zero-order chi connectivity index (χ0) is 37.3. The van der Waals surface area contributed by atoms with Crippen molar-refractivity contribution in [3.05, 3.63) is 83.4 Å². The molecule has 51 heavy (non-hydrogen) atoms. The fraction of sp³-hybridized carbons (Fsp3) is 0.421. The molecular weight excluding hydrogens is 654 g/mol. The number of rotatable bonds is 11. The number of carbonyl (C=O) groups excluding carboxylic acids is 3. The SMILES string of the molecule is CC(C)(C)OC(=O)NCCC1CCN(C(=O)c2cc(Oc3ccc(C(N)=NO)cc3)cc(Oc3ccc(C(N)C(=O)OC(C)(C)C)cc3)c2)CC1. The van der Waals surface area contributed by atoms with Crippen molar-refractivity contribution in [1.82, 2.24) is 10.2 Å². The molecule has 274 valence electrons. The molecule has 13 heteroatoms. The molecule has 0 radical (unpaired) electrons. The zero-order valence-electron chi connectivity index (χ0n) is 30.1. The van der Waals surface area contributed by atoms with Crippen molar-refractivity contribution in [1.29, 1.82) is 0 Å². The molecule has 0 bridgehead atoms. The second kappa shape index (κ2) is 16.6. The van der Waals surface area contributed by atoms with Crippen molar-refractivity contribution in [2.75, 3.05) is 19.6 Å². The van der Waals surface area contributed by atoms with Crippen LogP contribution in [0.25, 0.3) is 0 Å². The molecule has 0 aromatic heterocycles. The average molecular weight is 704 g/mol. The monoisotopic (exact) mass is 703 g/mol. The molecule has 0 spiro atoms. The van der Waals surface area contributed by atoms with Gasteiger partial charge in [0.2, 0.25) is 0 Å². The largest absolute Gasteiger partial charge is 0.459 e. The Morgan fingerprint density at radius 1 is 0.824 bits per heavy atom. The van der Waals surface area contributed by atoms with Crippen LogP contribution in [0, 0.1) is 5.92 Å². The van der Waals surface area contributed by atoms with Gasteiger partial charge < -0.3 is 45.8 Å². The number of amides is 2. The van der Waals surface area contributed by atoms with Crippen LogP contribution in [0.1, 0.15) is 88.3 Å². The molecule has 3 aromatic carbocycles. The van der Waals surface area contributed by atoms with Gasteiger partial charge in [0, 0.05) is 36.8 Å². The number of nitrogens with zero attached hydrogens (tertiary/aromatic N) is 2. The van der Waals surface area contributed by atoms with Gasteiger partial charge in [0.1, 0.15) is 40.2 Å². The van der Waals surface area contributed by atoms with Crippen molar-refractivity contribution in [3.63, 3.8) is 0 Å². The van der Waals surface area contributed by atoms with E-state index in [9.17, 15) is 14.4 Å². The molecule has 1 unspecified atom stereocenters. The third kappa shape index (κ3) is 11.9. The number of piperidine rings is 1. The second-order valence-electron chi connectivity index (χ2n) is 14.4. The van der Waals surface area contributed by atoms with E-state index in [0.29, 0.717) is 65.2 Å². The van der Waals surface area contributed by atoms with E-state index in [1.807, 2.05) is 20.8 Å². The molecule has 0 saturated carbocycles.